The second-order valence-corrected chi connectivity index (χ2v) is 3.00. The van der Waals surface area contributed by atoms with Crippen LogP contribution >= 0.6 is 7.75 Å². The summed E-state index contributed by atoms with van der Waals surface area (Å²) in [6.07, 6.45) is 0. The van der Waals surface area contributed by atoms with Crippen molar-refractivity contribution >= 4 is 13.8 Å². The predicted octanol–water partition coefficient (Wildman–Crippen LogP) is -0.910. The number of rotatable bonds is 1. The third-order valence-electron chi connectivity index (χ3n) is 0.710. The van der Waals surface area contributed by atoms with E-state index in [9.17, 15) is 9.36 Å². The molecular formula is C2H7N2O4P. The Morgan fingerprint density at radius 3 is 2.00 bits per heavy atom. The highest BCUT2D eigenvalue weighted by atomic mass is 31.2. The summed E-state index contributed by atoms with van der Waals surface area (Å²) in [6.45, 7) is 0. The summed E-state index contributed by atoms with van der Waals surface area (Å²) >= 11 is 0. The maximum Gasteiger partial charge on any atom is 0.433 e. The third kappa shape index (κ3) is 2.46. The number of primary amides is 1. The van der Waals surface area contributed by atoms with Crippen LogP contribution in [-0.4, -0.2) is 27.5 Å². The van der Waals surface area contributed by atoms with Gasteiger partial charge in [0.1, 0.15) is 0 Å². The first-order chi connectivity index (χ1) is 3.85. The Morgan fingerprint density at radius 2 is 2.00 bits per heavy atom. The molecule has 0 aromatic rings. The summed E-state index contributed by atoms with van der Waals surface area (Å²) < 4.78 is 10.3. The number of amides is 2. The second-order valence-electron chi connectivity index (χ2n) is 1.38. The predicted molar refractivity (Wildman–Crippen MR) is 29.4 cm³/mol. The molecule has 0 fully saturated rings. The van der Waals surface area contributed by atoms with Crippen molar-refractivity contribution in [1.82, 2.24) is 4.67 Å². The standard InChI is InChI=1S/C2H7N2O4P/c1-4(2(3)5)9(6,7)8/h1H3,(H2,3,5)(H2,6,7,8). The van der Waals surface area contributed by atoms with Crippen molar-refractivity contribution in [3.8, 4) is 0 Å². The van der Waals surface area contributed by atoms with E-state index >= 15 is 0 Å². The molecular weight excluding hydrogens is 147 g/mol. The van der Waals surface area contributed by atoms with Gasteiger partial charge in [0.15, 0.2) is 0 Å². The minimum Gasteiger partial charge on any atom is -0.351 e. The summed E-state index contributed by atoms with van der Waals surface area (Å²) in [6, 6.07) is -1.15. The van der Waals surface area contributed by atoms with E-state index in [1.54, 1.807) is 0 Å². The monoisotopic (exact) mass is 154 g/mol. The van der Waals surface area contributed by atoms with Gasteiger partial charge in [-0.25, -0.2) is 14.0 Å². The van der Waals surface area contributed by atoms with Crippen LogP contribution in [0.15, 0.2) is 0 Å². The molecule has 0 aliphatic carbocycles. The van der Waals surface area contributed by atoms with E-state index < -0.39 is 13.8 Å². The maximum atomic E-state index is 10.1. The molecule has 0 rings (SSSR count). The lowest BCUT2D eigenvalue weighted by Gasteiger charge is -2.13. The van der Waals surface area contributed by atoms with Gasteiger partial charge in [-0.1, -0.05) is 0 Å². The molecule has 54 valence electrons. The van der Waals surface area contributed by atoms with Gasteiger partial charge in [0.25, 0.3) is 0 Å². The van der Waals surface area contributed by atoms with E-state index in [2.05, 4.69) is 5.73 Å². The van der Waals surface area contributed by atoms with E-state index in [0.29, 0.717) is 0 Å². The van der Waals surface area contributed by atoms with E-state index in [1.807, 2.05) is 0 Å². The van der Waals surface area contributed by atoms with Gasteiger partial charge in [0.2, 0.25) is 0 Å². The van der Waals surface area contributed by atoms with E-state index in [4.69, 9.17) is 9.79 Å². The Kier molecular flexibility index (Phi) is 2.19. The number of nitrogens with two attached hydrogens (primary N) is 1. The lowest BCUT2D eigenvalue weighted by molar-refractivity contribution is 0.225. The van der Waals surface area contributed by atoms with E-state index in [0.717, 1.165) is 7.05 Å². The molecule has 0 aromatic heterocycles. The minimum absolute atomic E-state index is 0.160. The van der Waals surface area contributed by atoms with Gasteiger partial charge < -0.3 is 15.5 Å². The lowest BCUT2D eigenvalue weighted by atomic mass is 11.0. The molecule has 0 bridgehead atoms. The van der Waals surface area contributed by atoms with Crippen molar-refractivity contribution in [2.45, 2.75) is 0 Å². The smallest absolute Gasteiger partial charge is 0.351 e. The Hall–Kier alpha value is -0.580. The van der Waals surface area contributed by atoms with Crippen molar-refractivity contribution < 1.29 is 19.1 Å². The zero-order chi connectivity index (χ0) is 7.65. The number of nitrogens with zero attached hydrogens (tertiary/aromatic N) is 1. The van der Waals surface area contributed by atoms with Crippen LogP contribution in [0.1, 0.15) is 0 Å². The van der Waals surface area contributed by atoms with Crippen molar-refractivity contribution in [1.29, 1.82) is 0 Å². The summed E-state index contributed by atoms with van der Waals surface area (Å²) in [5.74, 6) is 0. The summed E-state index contributed by atoms with van der Waals surface area (Å²) in [5.41, 5.74) is 4.52. The summed E-state index contributed by atoms with van der Waals surface area (Å²) in [7, 11) is -3.53. The molecule has 0 saturated heterocycles. The molecule has 0 spiro atoms. The minimum atomic E-state index is -4.45. The fraction of sp³-hybridized carbons (Fsp3) is 0.500. The molecule has 0 unspecified atom stereocenters. The molecule has 0 aromatic carbocycles. The number of hydrogen-bond donors (Lipinski definition) is 3. The number of urea groups is 1. The third-order valence-corrected chi connectivity index (χ3v) is 1.69. The molecule has 0 atom stereocenters. The SMILES string of the molecule is CN(C(N)=O)P(=O)(O)O. The molecule has 9 heavy (non-hydrogen) atoms. The van der Waals surface area contributed by atoms with Crippen LogP contribution in [0, 0.1) is 0 Å². The van der Waals surface area contributed by atoms with Crippen molar-refractivity contribution in [2.24, 2.45) is 5.73 Å². The fourth-order valence-corrected chi connectivity index (χ4v) is 0.385. The first-order valence-corrected chi connectivity index (χ1v) is 3.51. The second kappa shape index (κ2) is 2.34. The number of carbonyl (C=O) groups is 1. The molecule has 6 nitrogen and oxygen atoms in total. The van der Waals surface area contributed by atoms with Crippen molar-refractivity contribution in [3.63, 3.8) is 0 Å². The van der Waals surface area contributed by atoms with Gasteiger partial charge in [-0.05, 0) is 0 Å². The lowest BCUT2D eigenvalue weighted by Crippen LogP contribution is -2.28. The normalized spacial score (nSPS) is 11.0. The Bertz CT molecular complexity index is 162. The number of hydrogen-bond acceptors (Lipinski definition) is 2. The van der Waals surface area contributed by atoms with Gasteiger partial charge >= 0.3 is 13.8 Å². The van der Waals surface area contributed by atoms with Crippen LogP contribution in [0.2, 0.25) is 0 Å². The average molecular weight is 154 g/mol. The first-order valence-electron chi connectivity index (χ1n) is 1.95. The van der Waals surface area contributed by atoms with Crippen LogP contribution in [0.25, 0.3) is 0 Å². The zero-order valence-corrected chi connectivity index (χ0v) is 5.58. The quantitative estimate of drug-likeness (QED) is 0.425. The Labute approximate surface area is 51.5 Å². The van der Waals surface area contributed by atoms with Gasteiger partial charge in [0.05, 0.1) is 0 Å². The Morgan fingerprint density at radius 1 is 1.67 bits per heavy atom. The molecule has 2 amide bonds. The fourth-order valence-electron chi connectivity index (χ4n) is 0.128. The van der Waals surface area contributed by atoms with Crippen LogP contribution in [0.5, 0.6) is 0 Å². The van der Waals surface area contributed by atoms with E-state index in [-0.39, 0.29) is 4.67 Å². The van der Waals surface area contributed by atoms with Gasteiger partial charge in [0, 0.05) is 7.05 Å². The molecule has 0 aliphatic heterocycles. The molecule has 0 saturated carbocycles. The Balaban J connectivity index is 4.23. The first kappa shape index (κ1) is 8.42. The number of carbonyl (C=O) groups excluding carboxylic acids is 1. The van der Waals surface area contributed by atoms with Gasteiger partial charge in [-0.15, -0.1) is 0 Å². The molecule has 4 N–H and O–H groups in total. The average Bonchev–Trinajstić information content (AvgIpc) is 1.62. The summed E-state index contributed by atoms with van der Waals surface area (Å²) in [5, 5.41) is 0. The largest absolute Gasteiger partial charge is 0.433 e. The molecule has 0 radical (unpaired) electrons. The molecule has 7 heteroatoms. The highest BCUT2D eigenvalue weighted by Crippen LogP contribution is 2.37. The van der Waals surface area contributed by atoms with Crippen LogP contribution in [0.3, 0.4) is 0 Å². The van der Waals surface area contributed by atoms with Crippen molar-refractivity contribution in [3.05, 3.63) is 0 Å². The zero-order valence-electron chi connectivity index (χ0n) is 4.68. The highest BCUT2D eigenvalue weighted by Gasteiger charge is 2.23. The van der Waals surface area contributed by atoms with Crippen molar-refractivity contribution in [2.75, 3.05) is 7.05 Å². The van der Waals surface area contributed by atoms with Crippen LogP contribution in [0.4, 0.5) is 4.79 Å². The molecule has 0 aliphatic rings. The van der Waals surface area contributed by atoms with Crippen LogP contribution < -0.4 is 5.73 Å². The van der Waals surface area contributed by atoms with Crippen LogP contribution in [-0.2, 0) is 4.57 Å². The van der Waals surface area contributed by atoms with Gasteiger partial charge in [-0.2, -0.15) is 0 Å². The summed E-state index contributed by atoms with van der Waals surface area (Å²) in [4.78, 5) is 26.4. The highest BCUT2D eigenvalue weighted by molar-refractivity contribution is 7.49. The topological polar surface area (TPSA) is 104 Å². The van der Waals surface area contributed by atoms with Gasteiger partial charge in [-0.3, -0.25) is 0 Å². The van der Waals surface area contributed by atoms with E-state index in [1.165, 1.54) is 0 Å². The maximum absolute atomic E-state index is 10.1. The molecule has 0 heterocycles.